The lowest BCUT2D eigenvalue weighted by molar-refractivity contribution is 0.0526. The van der Waals surface area contributed by atoms with E-state index >= 15 is 0 Å². The summed E-state index contributed by atoms with van der Waals surface area (Å²) in [5.41, 5.74) is 5.21. The summed E-state index contributed by atoms with van der Waals surface area (Å²) in [4.78, 5) is 18.5. The molecule has 0 radical (unpaired) electrons. The van der Waals surface area contributed by atoms with Crippen LogP contribution in [0.1, 0.15) is 51.1 Å². The van der Waals surface area contributed by atoms with Crippen molar-refractivity contribution in [1.82, 2.24) is 4.98 Å². The van der Waals surface area contributed by atoms with Gasteiger partial charge in [-0.1, -0.05) is 29.8 Å². The number of rotatable bonds is 6. The molecular weight excluding hydrogens is 426 g/mol. The fourth-order valence-electron chi connectivity index (χ4n) is 3.62. The van der Waals surface area contributed by atoms with E-state index < -0.39 is 0 Å². The molecule has 0 aliphatic heterocycles. The molecule has 3 aromatic rings. The molecular formula is C24H23N3O2S2. The first-order chi connectivity index (χ1) is 15.1. The zero-order chi connectivity index (χ0) is 21.8. The average Bonchev–Trinajstić information content (AvgIpc) is 3.40. The zero-order valence-electron chi connectivity index (χ0n) is 17.5. The second-order valence-corrected chi connectivity index (χ2v) is 9.32. The van der Waals surface area contributed by atoms with Crippen molar-refractivity contribution in [2.24, 2.45) is 0 Å². The molecule has 31 heavy (non-hydrogen) atoms. The summed E-state index contributed by atoms with van der Waals surface area (Å²) in [7, 11) is 0. The molecule has 0 saturated carbocycles. The fourth-order valence-corrected chi connectivity index (χ4v) is 5.66. The van der Waals surface area contributed by atoms with Crippen molar-refractivity contribution in [1.29, 1.82) is 5.26 Å². The molecule has 5 nitrogen and oxygen atoms in total. The molecule has 0 spiro atoms. The predicted molar refractivity (Wildman–Crippen MR) is 126 cm³/mol. The number of carbonyl (C=O) groups excluding carboxylic acids is 1. The van der Waals surface area contributed by atoms with Crippen LogP contribution in [-0.2, 0) is 17.6 Å². The summed E-state index contributed by atoms with van der Waals surface area (Å²) in [5, 5.41) is 16.3. The van der Waals surface area contributed by atoms with Gasteiger partial charge >= 0.3 is 5.97 Å². The van der Waals surface area contributed by atoms with Crippen LogP contribution in [-0.4, -0.2) is 17.6 Å². The highest BCUT2D eigenvalue weighted by atomic mass is 32.1. The van der Waals surface area contributed by atoms with Crippen LogP contribution in [0.2, 0.25) is 0 Å². The maximum Gasteiger partial charge on any atom is 0.341 e. The first-order valence-electron chi connectivity index (χ1n) is 10.3. The molecule has 1 aliphatic rings. The number of nitriles is 1. The standard InChI is InChI=1S/C24H23N3O2S2/c1-3-29-24(28)21-18-6-4-5-7-20(18)31-23(21)26-13-17(12-25)22-27-19(14-30-22)16-10-8-15(2)9-11-16/h8-11,13-14,26H,3-7H2,1-2H3/b17-13-. The highest BCUT2D eigenvalue weighted by Gasteiger charge is 2.26. The first kappa shape index (κ1) is 21.3. The maximum absolute atomic E-state index is 12.6. The van der Waals surface area contributed by atoms with Crippen LogP contribution in [0.3, 0.4) is 0 Å². The Bertz CT molecular complexity index is 1170. The van der Waals surface area contributed by atoms with Crippen molar-refractivity contribution in [2.75, 3.05) is 11.9 Å². The van der Waals surface area contributed by atoms with Gasteiger partial charge in [-0.3, -0.25) is 0 Å². The SMILES string of the molecule is CCOC(=O)c1c(N/C=C(/C#N)c2nc(-c3ccc(C)cc3)cs2)sc2c1CCCC2. The number of benzene rings is 1. The summed E-state index contributed by atoms with van der Waals surface area (Å²) in [6.07, 6.45) is 5.74. The molecule has 0 amide bonds. The number of ether oxygens (including phenoxy) is 1. The molecule has 1 aromatic carbocycles. The third kappa shape index (κ3) is 4.55. The van der Waals surface area contributed by atoms with Gasteiger partial charge in [0.1, 0.15) is 21.7 Å². The molecule has 0 unspecified atom stereocenters. The number of esters is 1. The van der Waals surface area contributed by atoms with Crippen LogP contribution in [0.5, 0.6) is 0 Å². The lowest BCUT2D eigenvalue weighted by atomic mass is 9.95. The number of fused-ring (bicyclic) bond motifs is 1. The minimum Gasteiger partial charge on any atom is -0.462 e. The Labute approximate surface area is 190 Å². The minimum atomic E-state index is -0.299. The van der Waals surface area contributed by atoms with Crippen molar-refractivity contribution >= 4 is 39.2 Å². The van der Waals surface area contributed by atoms with Crippen LogP contribution in [0, 0.1) is 18.3 Å². The second kappa shape index (κ2) is 9.46. The van der Waals surface area contributed by atoms with Gasteiger partial charge < -0.3 is 10.1 Å². The first-order valence-corrected chi connectivity index (χ1v) is 12.0. The average molecular weight is 450 g/mol. The van der Waals surface area contributed by atoms with Crippen LogP contribution in [0.15, 0.2) is 35.8 Å². The van der Waals surface area contributed by atoms with E-state index in [4.69, 9.17) is 4.74 Å². The number of carbonyl (C=O) groups is 1. The highest BCUT2D eigenvalue weighted by molar-refractivity contribution is 7.16. The molecule has 2 heterocycles. The summed E-state index contributed by atoms with van der Waals surface area (Å²) in [6, 6.07) is 10.4. The van der Waals surface area contributed by atoms with E-state index in [9.17, 15) is 10.1 Å². The number of aromatic nitrogens is 1. The summed E-state index contributed by atoms with van der Waals surface area (Å²) in [6.45, 7) is 4.19. The van der Waals surface area contributed by atoms with Crippen LogP contribution < -0.4 is 5.32 Å². The van der Waals surface area contributed by atoms with E-state index in [-0.39, 0.29) is 5.97 Å². The van der Waals surface area contributed by atoms with Crippen molar-refractivity contribution in [3.8, 4) is 17.3 Å². The summed E-state index contributed by atoms with van der Waals surface area (Å²) in [5.74, 6) is -0.299. The Morgan fingerprint density at radius 2 is 2.06 bits per heavy atom. The van der Waals surface area contributed by atoms with E-state index in [1.54, 1.807) is 17.5 Å². The van der Waals surface area contributed by atoms with Crippen molar-refractivity contribution in [3.05, 3.63) is 62.4 Å². The van der Waals surface area contributed by atoms with Gasteiger partial charge in [0.15, 0.2) is 0 Å². The topological polar surface area (TPSA) is 75.0 Å². The van der Waals surface area contributed by atoms with Gasteiger partial charge in [-0.25, -0.2) is 9.78 Å². The zero-order valence-corrected chi connectivity index (χ0v) is 19.2. The van der Waals surface area contributed by atoms with E-state index in [1.807, 2.05) is 43.5 Å². The number of aryl methyl sites for hydroxylation is 2. The summed E-state index contributed by atoms with van der Waals surface area (Å²) < 4.78 is 5.30. The van der Waals surface area contributed by atoms with Gasteiger partial charge in [-0.05, 0) is 45.1 Å². The van der Waals surface area contributed by atoms with Gasteiger partial charge in [0.05, 0.1) is 17.9 Å². The minimum absolute atomic E-state index is 0.299. The Balaban J connectivity index is 1.62. The lowest BCUT2D eigenvalue weighted by Crippen LogP contribution is -2.10. The van der Waals surface area contributed by atoms with Gasteiger partial charge in [0.25, 0.3) is 0 Å². The molecule has 1 N–H and O–H groups in total. The normalized spacial score (nSPS) is 13.4. The van der Waals surface area contributed by atoms with Gasteiger partial charge in [0.2, 0.25) is 0 Å². The van der Waals surface area contributed by atoms with E-state index in [1.165, 1.54) is 21.8 Å². The van der Waals surface area contributed by atoms with Gasteiger partial charge in [-0.2, -0.15) is 5.26 Å². The predicted octanol–water partition coefficient (Wildman–Crippen LogP) is 6.21. The quantitative estimate of drug-likeness (QED) is 0.357. The number of hydrogen-bond donors (Lipinski definition) is 1. The Hall–Kier alpha value is -2.95. The van der Waals surface area contributed by atoms with Crippen LogP contribution in [0.4, 0.5) is 5.00 Å². The number of anilines is 1. The highest BCUT2D eigenvalue weighted by Crippen LogP contribution is 2.39. The smallest absolute Gasteiger partial charge is 0.341 e. The molecule has 4 rings (SSSR count). The Kier molecular flexibility index (Phi) is 6.50. The van der Waals surface area contributed by atoms with Crippen molar-refractivity contribution in [3.63, 3.8) is 0 Å². The number of hydrogen-bond acceptors (Lipinski definition) is 7. The third-order valence-corrected chi connectivity index (χ3v) is 7.30. The Morgan fingerprint density at radius 1 is 1.29 bits per heavy atom. The number of thiophene rings is 1. The maximum atomic E-state index is 12.6. The molecule has 0 fully saturated rings. The van der Waals surface area contributed by atoms with E-state index in [2.05, 4.69) is 16.4 Å². The third-order valence-electron chi connectivity index (χ3n) is 5.20. The summed E-state index contributed by atoms with van der Waals surface area (Å²) >= 11 is 3.02. The number of thiazole rings is 1. The van der Waals surface area contributed by atoms with Crippen molar-refractivity contribution in [2.45, 2.75) is 39.5 Å². The van der Waals surface area contributed by atoms with Crippen molar-refractivity contribution < 1.29 is 9.53 Å². The fraction of sp³-hybridized carbons (Fsp3) is 0.292. The van der Waals surface area contributed by atoms with Crippen LogP contribution >= 0.6 is 22.7 Å². The van der Waals surface area contributed by atoms with E-state index in [0.29, 0.717) is 22.8 Å². The number of allylic oxidation sites excluding steroid dienone is 1. The van der Waals surface area contributed by atoms with Gasteiger partial charge in [0, 0.05) is 22.0 Å². The van der Waals surface area contributed by atoms with Crippen LogP contribution in [0.25, 0.3) is 16.8 Å². The number of nitrogens with zero attached hydrogens (tertiary/aromatic N) is 2. The molecule has 0 saturated heterocycles. The second-order valence-electron chi connectivity index (χ2n) is 7.35. The molecule has 0 atom stereocenters. The monoisotopic (exact) mass is 449 g/mol. The van der Waals surface area contributed by atoms with Gasteiger partial charge in [-0.15, -0.1) is 22.7 Å². The Morgan fingerprint density at radius 3 is 2.81 bits per heavy atom. The molecule has 1 aliphatic carbocycles. The largest absolute Gasteiger partial charge is 0.462 e. The lowest BCUT2D eigenvalue weighted by Gasteiger charge is -2.12. The molecule has 7 heteroatoms. The number of nitrogens with one attached hydrogen (secondary N) is 1. The molecule has 2 aromatic heterocycles. The molecule has 158 valence electrons. The van der Waals surface area contributed by atoms with E-state index in [0.717, 1.165) is 47.5 Å². The molecule has 0 bridgehead atoms.